The lowest BCUT2D eigenvalue weighted by Crippen LogP contribution is -3.14. The number of nitrogens with one attached hydrogen (secondary N) is 1. The number of rotatable bonds is 5. The van der Waals surface area contributed by atoms with Gasteiger partial charge in [-0.25, -0.2) is 0 Å². The van der Waals surface area contributed by atoms with E-state index in [1.165, 1.54) is 11.1 Å². The molecule has 1 aliphatic rings. The molecule has 0 atom stereocenters. The maximum atomic E-state index is 5.92. The van der Waals surface area contributed by atoms with Crippen LogP contribution in [0.1, 0.15) is 30.9 Å². The third-order valence-electron chi connectivity index (χ3n) is 3.66. The normalized spacial score (nSPS) is 16.8. The molecule has 2 rings (SSSR count). The second-order valence-electron chi connectivity index (χ2n) is 5.69. The smallest absolute Gasteiger partial charge is 0.137 e. The van der Waals surface area contributed by atoms with Gasteiger partial charge in [0.1, 0.15) is 32.0 Å². The van der Waals surface area contributed by atoms with Crippen molar-refractivity contribution >= 4 is 0 Å². The molecule has 3 heteroatoms. The molecule has 19 heavy (non-hydrogen) atoms. The first-order valence-corrected chi connectivity index (χ1v) is 7.31. The Labute approximate surface area is 116 Å². The van der Waals surface area contributed by atoms with Crippen LogP contribution in [0.2, 0.25) is 0 Å². The highest BCUT2D eigenvalue weighted by Crippen LogP contribution is 2.22. The van der Waals surface area contributed by atoms with E-state index in [1.54, 1.807) is 4.90 Å². The molecule has 1 N–H and O–H groups in total. The molecule has 0 bridgehead atoms. The highest BCUT2D eigenvalue weighted by Gasteiger charge is 2.13. The summed E-state index contributed by atoms with van der Waals surface area (Å²) in [6.07, 6.45) is 0. The summed E-state index contributed by atoms with van der Waals surface area (Å²) in [5.41, 5.74) is 2.63. The Bertz CT molecular complexity index is 398. The van der Waals surface area contributed by atoms with Gasteiger partial charge in [0.2, 0.25) is 0 Å². The molecule has 0 saturated carbocycles. The van der Waals surface area contributed by atoms with E-state index in [0.29, 0.717) is 5.92 Å². The van der Waals surface area contributed by atoms with Gasteiger partial charge in [-0.3, -0.25) is 0 Å². The Morgan fingerprint density at radius 1 is 1.21 bits per heavy atom. The fourth-order valence-corrected chi connectivity index (χ4v) is 2.42. The van der Waals surface area contributed by atoms with Gasteiger partial charge in [0.15, 0.2) is 0 Å². The van der Waals surface area contributed by atoms with E-state index in [-0.39, 0.29) is 0 Å². The van der Waals surface area contributed by atoms with Crippen LogP contribution in [0.4, 0.5) is 0 Å². The zero-order valence-corrected chi connectivity index (χ0v) is 12.4. The van der Waals surface area contributed by atoms with Crippen LogP contribution in [-0.4, -0.2) is 39.5 Å². The Morgan fingerprint density at radius 2 is 1.95 bits per heavy atom. The van der Waals surface area contributed by atoms with Gasteiger partial charge in [0, 0.05) is 0 Å². The molecule has 1 saturated heterocycles. The summed E-state index contributed by atoms with van der Waals surface area (Å²) in [6, 6.07) is 6.54. The van der Waals surface area contributed by atoms with Crippen molar-refractivity contribution in [3.63, 3.8) is 0 Å². The van der Waals surface area contributed by atoms with E-state index >= 15 is 0 Å². The summed E-state index contributed by atoms with van der Waals surface area (Å²) in [5.74, 6) is 1.56. The van der Waals surface area contributed by atoms with Crippen LogP contribution in [-0.2, 0) is 4.74 Å². The molecule has 106 valence electrons. The third kappa shape index (κ3) is 4.51. The van der Waals surface area contributed by atoms with Gasteiger partial charge < -0.3 is 14.4 Å². The van der Waals surface area contributed by atoms with Gasteiger partial charge >= 0.3 is 0 Å². The second-order valence-corrected chi connectivity index (χ2v) is 5.69. The molecular formula is C16H26NO2+. The van der Waals surface area contributed by atoms with Gasteiger partial charge in [0.05, 0.1) is 13.2 Å². The molecule has 1 fully saturated rings. The van der Waals surface area contributed by atoms with Crippen molar-refractivity contribution < 1.29 is 14.4 Å². The molecular weight excluding hydrogens is 238 g/mol. The molecule has 3 nitrogen and oxygen atoms in total. The van der Waals surface area contributed by atoms with Gasteiger partial charge in [0.25, 0.3) is 0 Å². The van der Waals surface area contributed by atoms with Crippen molar-refractivity contribution in [2.24, 2.45) is 0 Å². The average molecular weight is 264 g/mol. The molecule has 0 unspecified atom stereocenters. The third-order valence-corrected chi connectivity index (χ3v) is 3.66. The van der Waals surface area contributed by atoms with E-state index in [9.17, 15) is 0 Å². The number of aryl methyl sites for hydroxylation is 1. The lowest BCUT2D eigenvalue weighted by molar-refractivity contribution is -0.908. The van der Waals surface area contributed by atoms with Crippen LogP contribution in [0.5, 0.6) is 5.75 Å². The molecule has 0 aromatic heterocycles. The van der Waals surface area contributed by atoms with Crippen LogP contribution < -0.4 is 9.64 Å². The van der Waals surface area contributed by atoms with E-state index in [4.69, 9.17) is 9.47 Å². The molecule has 0 radical (unpaired) electrons. The molecule has 1 aromatic rings. The maximum absolute atomic E-state index is 5.92. The molecule has 0 amide bonds. The quantitative estimate of drug-likeness (QED) is 0.869. The SMILES string of the molecule is Cc1cc(OCC[NH+]2CCOCC2)cc(C(C)C)c1. The van der Waals surface area contributed by atoms with E-state index in [1.807, 2.05) is 0 Å². The first-order chi connectivity index (χ1) is 9.15. The van der Waals surface area contributed by atoms with Crippen molar-refractivity contribution in [1.29, 1.82) is 0 Å². The fraction of sp³-hybridized carbons (Fsp3) is 0.625. The van der Waals surface area contributed by atoms with Crippen molar-refractivity contribution in [3.05, 3.63) is 29.3 Å². The minimum atomic E-state index is 0.548. The van der Waals surface area contributed by atoms with E-state index in [0.717, 1.165) is 45.2 Å². The monoisotopic (exact) mass is 264 g/mol. The molecule has 1 heterocycles. The number of hydrogen-bond acceptors (Lipinski definition) is 2. The maximum Gasteiger partial charge on any atom is 0.137 e. The summed E-state index contributed by atoms with van der Waals surface area (Å²) >= 11 is 0. The Kier molecular flexibility index (Phi) is 5.23. The van der Waals surface area contributed by atoms with Gasteiger partial charge in [-0.1, -0.05) is 19.9 Å². The second kappa shape index (κ2) is 6.92. The molecule has 1 aliphatic heterocycles. The minimum absolute atomic E-state index is 0.548. The predicted octanol–water partition coefficient (Wildman–Crippen LogP) is 1.41. The summed E-state index contributed by atoms with van der Waals surface area (Å²) in [4.78, 5) is 1.59. The first kappa shape index (κ1) is 14.4. The van der Waals surface area contributed by atoms with Crippen LogP contribution >= 0.6 is 0 Å². The highest BCUT2D eigenvalue weighted by molar-refractivity contribution is 5.35. The first-order valence-electron chi connectivity index (χ1n) is 7.31. The largest absolute Gasteiger partial charge is 0.488 e. The highest BCUT2D eigenvalue weighted by atomic mass is 16.5. The van der Waals surface area contributed by atoms with Crippen molar-refractivity contribution in [1.82, 2.24) is 0 Å². The van der Waals surface area contributed by atoms with Crippen molar-refractivity contribution in [2.45, 2.75) is 26.7 Å². The fourth-order valence-electron chi connectivity index (χ4n) is 2.42. The lowest BCUT2D eigenvalue weighted by atomic mass is 10.0. The zero-order chi connectivity index (χ0) is 13.7. The van der Waals surface area contributed by atoms with Crippen LogP contribution in [0.15, 0.2) is 18.2 Å². The van der Waals surface area contributed by atoms with Crippen LogP contribution in [0.3, 0.4) is 0 Å². The number of benzene rings is 1. The van der Waals surface area contributed by atoms with E-state index in [2.05, 4.69) is 39.0 Å². The Hall–Kier alpha value is -1.06. The van der Waals surface area contributed by atoms with Gasteiger partial charge in [-0.2, -0.15) is 0 Å². The number of morpholine rings is 1. The minimum Gasteiger partial charge on any atom is -0.488 e. The average Bonchev–Trinajstić information content (AvgIpc) is 2.39. The van der Waals surface area contributed by atoms with Crippen LogP contribution in [0, 0.1) is 6.92 Å². The molecule has 1 aromatic carbocycles. The van der Waals surface area contributed by atoms with Crippen molar-refractivity contribution in [3.8, 4) is 5.75 Å². The molecule has 0 aliphatic carbocycles. The lowest BCUT2D eigenvalue weighted by Gasteiger charge is -2.23. The zero-order valence-electron chi connectivity index (χ0n) is 12.4. The van der Waals surface area contributed by atoms with E-state index < -0.39 is 0 Å². The summed E-state index contributed by atoms with van der Waals surface area (Å²) in [5, 5.41) is 0. The summed E-state index contributed by atoms with van der Waals surface area (Å²) in [7, 11) is 0. The Balaban J connectivity index is 1.84. The van der Waals surface area contributed by atoms with Crippen molar-refractivity contribution in [2.75, 3.05) is 39.5 Å². The topological polar surface area (TPSA) is 22.9 Å². The Morgan fingerprint density at radius 3 is 2.63 bits per heavy atom. The standard InChI is InChI=1S/C16H25NO2/c1-13(2)15-10-14(3)11-16(12-15)19-9-6-17-4-7-18-8-5-17/h10-13H,4-9H2,1-3H3/p+1. The number of quaternary nitrogens is 1. The number of hydrogen-bond donors (Lipinski definition) is 1. The summed E-state index contributed by atoms with van der Waals surface area (Å²) in [6.45, 7) is 12.4. The molecule has 0 spiro atoms. The predicted molar refractivity (Wildman–Crippen MR) is 77.1 cm³/mol. The van der Waals surface area contributed by atoms with Gasteiger partial charge in [-0.05, 0) is 36.1 Å². The van der Waals surface area contributed by atoms with Gasteiger partial charge in [-0.15, -0.1) is 0 Å². The summed E-state index contributed by atoms with van der Waals surface area (Å²) < 4.78 is 11.3. The number of ether oxygens (including phenoxy) is 2. The van der Waals surface area contributed by atoms with Crippen LogP contribution in [0.25, 0.3) is 0 Å².